The molecule has 0 unspecified atom stereocenters. The van der Waals surface area contributed by atoms with E-state index in [2.05, 4.69) is 58.7 Å². The first-order chi connectivity index (χ1) is 8.41. The Morgan fingerprint density at radius 2 is 1.33 bits per heavy atom. The summed E-state index contributed by atoms with van der Waals surface area (Å²) in [5, 5.41) is 3.25. The van der Waals surface area contributed by atoms with E-state index < -0.39 is 8.07 Å². The molecule has 0 aromatic carbocycles. The average Bonchev–Trinajstić information content (AvgIpc) is 2.83. The molecule has 0 fully saturated rings. The molecule has 2 aliphatic rings. The van der Waals surface area contributed by atoms with Crippen molar-refractivity contribution in [2.24, 2.45) is 0 Å². The fourth-order valence-electron chi connectivity index (χ4n) is 3.73. The lowest BCUT2D eigenvalue weighted by atomic mass is 10.2. The molecule has 2 rings (SSSR count). The molecule has 1 heteroatoms. The molecular formula is C17H24Si. The highest BCUT2D eigenvalue weighted by atomic mass is 28.3. The second kappa shape index (κ2) is 4.54. The number of hydrogen-bond acceptors (Lipinski definition) is 0. The predicted molar refractivity (Wildman–Crippen MR) is 84.0 cm³/mol. The highest BCUT2D eigenvalue weighted by Gasteiger charge is 2.38. The molecule has 0 aromatic rings. The van der Waals surface area contributed by atoms with Gasteiger partial charge in [0.15, 0.2) is 0 Å². The van der Waals surface area contributed by atoms with Crippen molar-refractivity contribution in [1.29, 1.82) is 0 Å². The van der Waals surface area contributed by atoms with Crippen LogP contribution in [-0.2, 0) is 0 Å². The molecule has 0 nitrogen and oxygen atoms in total. The Morgan fingerprint density at radius 1 is 0.944 bits per heavy atom. The minimum Gasteiger partial charge on any atom is -0.106 e. The maximum Gasteiger partial charge on any atom is 0.138 e. The highest BCUT2D eigenvalue weighted by molar-refractivity contribution is 6.97. The van der Waals surface area contributed by atoms with Crippen molar-refractivity contribution in [3.8, 4) is 0 Å². The quantitative estimate of drug-likeness (QED) is 0.609. The van der Waals surface area contributed by atoms with Crippen LogP contribution in [-0.4, -0.2) is 8.07 Å². The molecule has 96 valence electrons. The van der Waals surface area contributed by atoms with Gasteiger partial charge in [0.25, 0.3) is 0 Å². The zero-order valence-corrected chi connectivity index (χ0v) is 13.4. The minimum absolute atomic E-state index is 1.13. The van der Waals surface area contributed by atoms with Crippen molar-refractivity contribution in [1.82, 2.24) is 0 Å². The van der Waals surface area contributed by atoms with Crippen LogP contribution in [0.1, 0.15) is 40.5 Å². The first kappa shape index (κ1) is 13.4. The van der Waals surface area contributed by atoms with E-state index in [-0.39, 0.29) is 0 Å². The van der Waals surface area contributed by atoms with Crippen LogP contribution in [0.3, 0.4) is 0 Å². The molecule has 0 aliphatic heterocycles. The van der Waals surface area contributed by atoms with E-state index in [0.717, 1.165) is 12.8 Å². The standard InChI is InChI=1S/C17H24Si/c1-7-18(6,16-12(2)8-9-13(16)3)17-14(4)10-11-15(17)5/h7-8,10H,1,9,11H2,2-6H3. The van der Waals surface area contributed by atoms with Gasteiger partial charge in [-0.15, -0.1) is 6.58 Å². The van der Waals surface area contributed by atoms with Crippen LogP contribution in [0.2, 0.25) is 6.55 Å². The molecule has 0 aromatic heterocycles. The van der Waals surface area contributed by atoms with Crippen molar-refractivity contribution in [3.63, 3.8) is 0 Å². The van der Waals surface area contributed by atoms with Crippen LogP contribution in [0.15, 0.2) is 57.1 Å². The Kier molecular flexibility index (Phi) is 3.37. The van der Waals surface area contributed by atoms with Gasteiger partial charge in [0.2, 0.25) is 0 Å². The Morgan fingerprint density at radius 3 is 1.56 bits per heavy atom. The highest BCUT2D eigenvalue weighted by Crippen LogP contribution is 2.43. The van der Waals surface area contributed by atoms with Gasteiger partial charge in [-0.1, -0.05) is 46.7 Å². The lowest BCUT2D eigenvalue weighted by Gasteiger charge is -2.31. The van der Waals surface area contributed by atoms with Crippen LogP contribution in [0, 0.1) is 0 Å². The zero-order chi connectivity index (χ0) is 13.5. The first-order valence-electron chi connectivity index (χ1n) is 6.80. The van der Waals surface area contributed by atoms with E-state index in [1.54, 1.807) is 21.5 Å². The van der Waals surface area contributed by atoms with E-state index in [1.807, 2.05) is 0 Å². The topological polar surface area (TPSA) is 0 Å². The molecular weight excluding hydrogens is 232 g/mol. The second-order valence-corrected chi connectivity index (χ2v) is 9.71. The fourth-order valence-corrected chi connectivity index (χ4v) is 8.21. The molecule has 0 N–H and O–H groups in total. The molecule has 0 radical (unpaired) electrons. The van der Waals surface area contributed by atoms with Gasteiger partial charge < -0.3 is 0 Å². The minimum atomic E-state index is -1.72. The Bertz CT molecular complexity index is 482. The number of hydrogen-bond donors (Lipinski definition) is 0. The second-order valence-electron chi connectivity index (χ2n) is 5.90. The Balaban J connectivity index is 2.61. The maximum atomic E-state index is 4.20. The van der Waals surface area contributed by atoms with E-state index in [4.69, 9.17) is 0 Å². The van der Waals surface area contributed by atoms with Crippen molar-refractivity contribution in [3.05, 3.63) is 57.1 Å². The molecule has 0 spiro atoms. The largest absolute Gasteiger partial charge is 0.138 e. The molecule has 18 heavy (non-hydrogen) atoms. The molecule has 0 saturated carbocycles. The molecule has 0 saturated heterocycles. The summed E-state index contributed by atoms with van der Waals surface area (Å²) in [4.78, 5) is 0. The number of allylic oxidation sites excluding steroid dienone is 8. The van der Waals surface area contributed by atoms with E-state index in [1.165, 1.54) is 11.1 Å². The summed E-state index contributed by atoms with van der Waals surface area (Å²) in [6.07, 6.45) is 7.02. The van der Waals surface area contributed by atoms with Crippen molar-refractivity contribution in [2.45, 2.75) is 47.1 Å². The first-order valence-corrected chi connectivity index (χ1v) is 9.38. The van der Waals surface area contributed by atoms with Crippen molar-refractivity contribution >= 4 is 8.07 Å². The van der Waals surface area contributed by atoms with Gasteiger partial charge in [-0.25, -0.2) is 0 Å². The van der Waals surface area contributed by atoms with Crippen molar-refractivity contribution in [2.75, 3.05) is 0 Å². The van der Waals surface area contributed by atoms with Gasteiger partial charge in [-0.3, -0.25) is 0 Å². The monoisotopic (exact) mass is 256 g/mol. The summed E-state index contributed by atoms with van der Waals surface area (Å²) in [6, 6.07) is 0. The fraction of sp³-hybridized carbons (Fsp3) is 0.412. The third-order valence-corrected chi connectivity index (χ3v) is 9.05. The van der Waals surface area contributed by atoms with Crippen LogP contribution < -0.4 is 0 Å². The number of rotatable bonds is 3. The SMILES string of the molecule is C=C[Si](C)(C1=C(C)CC=C1C)C1=C(C)CC=C1C. The van der Waals surface area contributed by atoms with Crippen LogP contribution in [0.4, 0.5) is 0 Å². The van der Waals surface area contributed by atoms with E-state index in [0.29, 0.717) is 0 Å². The van der Waals surface area contributed by atoms with Gasteiger partial charge >= 0.3 is 0 Å². The summed E-state index contributed by atoms with van der Waals surface area (Å²) in [6.45, 7) is 15.8. The molecule has 0 bridgehead atoms. The van der Waals surface area contributed by atoms with Crippen LogP contribution in [0.25, 0.3) is 0 Å². The summed E-state index contributed by atoms with van der Waals surface area (Å²) in [7, 11) is -1.72. The van der Waals surface area contributed by atoms with E-state index in [9.17, 15) is 0 Å². The lowest BCUT2D eigenvalue weighted by Crippen LogP contribution is -2.36. The average molecular weight is 256 g/mol. The van der Waals surface area contributed by atoms with E-state index >= 15 is 0 Å². The van der Waals surface area contributed by atoms with Crippen molar-refractivity contribution < 1.29 is 0 Å². The normalized spacial score (nSPS) is 20.5. The lowest BCUT2D eigenvalue weighted by molar-refractivity contribution is 1.23. The smallest absolute Gasteiger partial charge is 0.106 e. The zero-order valence-electron chi connectivity index (χ0n) is 12.4. The third kappa shape index (κ3) is 1.81. The predicted octanol–water partition coefficient (Wildman–Crippen LogP) is 5.20. The summed E-state index contributed by atoms with van der Waals surface area (Å²) in [5.74, 6) is 0. The van der Waals surface area contributed by atoms with Crippen LogP contribution >= 0.6 is 0 Å². The van der Waals surface area contributed by atoms with Gasteiger partial charge in [0.05, 0.1) is 0 Å². The summed E-state index contributed by atoms with van der Waals surface area (Å²) >= 11 is 0. The molecule has 0 atom stereocenters. The Labute approximate surface area is 112 Å². The molecule has 0 heterocycles. The third-order valence-electron chi connectivity index (χ3n) is 4.52. The van der Waals surface area contributed by atoms with Gasteiger partial charge in [-0.2, -0.15) is 0 Å². The Hall–Kier alpha value is -1.08. The van der Waals surface area contributed by atoms with Gasteiger partial charge in [-0.05, 0) is 50.9 Å². The van der Waals surface area contributed by atoms with Crippen LogP contribution in [0.5, 0.6) is 0 Å². The maximum absolute atomic E-state index is 4.20. The summed E-state index contributed by atoms with van der Waals surface area (Å²) in [5.41, 5.74) is 8.36. The molecule has 0 amide bonds. The van der Waals surface area contributed by atoms with Gasteiger partial charge in [0.1, 0.15) is 8.07 Å². The summed E-state index contributed by atoms with van der Waals surface area (Å²) < 4.78 is 0. The van der Waals surface area contributed by atoms with Gasteiger partial charge in [0, 0.05) is 0 Å². The molecule has 2 aliphatic carbocycles.